The van der Waals surface area contributed by atoms with E-state index in [1.165, 1.54) is 12.1 Å². The van der Waals surface area contributed by atoms with Crippen molar-refractivity contribution in [1.82, 2.24) is 5.32 Å². The first kappa shape index (κ1) is 14.3. The van der Waals surface area contributed by atoms with Gasteiger partial charge in [-0.1, -0.05) is 13.0 Å². The highest BCUT2D eigenvalue weighted by Gasteiger charge is 2.13. The summed E-state index contributed by atoms with van der Waals surface area (Å²) in [5.74, 6) is -1.06. The molecule has 94 valence electrons. The summed E-state index contributed by atoms with van der Waals surface area (Å²) < 4.78 is 27.6. The first-order chi connectivity index (χ1) is 8.07. The molecule has 0 amide bonds. The molecule has 0 fully saturated rings. The number of allylic oxidation sites excluding steroid dienone is 1. The molecule has 0 aliphatic rings. The molecular weight excluding hydrogens is 288 g/mol. The minimum atomic E-state index is -0.540. The zero-order chi connectivity index (χ0) is 12.8. The fourth-order valence-electron chi connectivity index (χ4n) is 1.56. The van der Waals surface area contributed by atoms with Crippen LogP contribution in [0.4, 0.5) is 8.78 Å². The van der Waals surface area contributed by atoms with Gasteiger partial charge in [-0.05, 0) is 60.1 Å². The van der Waals surface area contributed by atoms with Crippen LogP contribution in [0, 0.1) is 11.6 Å². The number of hydrogen-bond donors (Lipinski definition) is 1. The lowest BCUT2D eigenvalue weighted by Crippen LogP contribution is -2.13. The zero-order valence-corrected chi connectivity index (χ0v) is 11.6. The van der Waals surface area contributed by atoms with Crippen molar-refractivity contribution in [1.29, 1.82) is 0 Å². The minimum Gasteiger partial charge on any atom is -0.317 e. The summed E-state index contributed by atoms with van der Waals surface area (Å²) in [6.07, 6.45) is 2.60. The lowest BCUT2D eigenvalue weighted by atomic mass is 10.1. The third kappa shape index (κ3) is 3.89. The summed E-state index contributed by atoms with van der Waals surface area (Å²) in [4.78, 5) is 0. The van der Waals surface area contributed by atoms with Crippen molar-refractivity contribution in [2.24, 2.45) is 0 Å². The Morgan fingerprint density at radius 2 is 2.12 bits per heavy atom. The van der Waals surface area contributed by atoms with Gasteiger partial charge in [0.25, 0.3) is 0 Å². The van der Waals surface area contributed by atoms with Gasteiger partial charge in [-0.3, -0.25) is 0 Å². The molecule has 1 N–H and O–H groups in total. The highest BCUT2D eigenvalue weighted by molar-refractivity contribution is 9.10. The van der Waals surface area contributed by atoms with E-state index in [0.29, 0.717) is 5.57 Å². The van der Waals surface area contributed by atoms with Gasteiger partial charge in [0.15, 0.2) is 0 Å². The molecule has 0 aliphatic carbocycles. The SMILES string of the molecule is CCNCC/C=C(/C)c1c(F)ccc(Br)c1F. The molecule has 0 saturated heterocycles. The highest BCUT2D eigenvalue weighted by Crippen LogP contribution is 2.27. The lowest BCUT2D eigenvalue weighted by Gasteiger charge is -2.07. The fourth-order valence-corrected chi connectivity index (χ4v) is 1.89. The normalized spacial score (nSPS) is 11.9. The van der Waals surface area contributed by atoms with Crippen LogP contribution in [0.5, 0.6) is 0 Å². The molecule has 0 bridgehead atoms. The number of nitrogens with one attached hydrogen (secondary N) is 1. The van der Waals surface area contributed by atoms with E-state index in [1.807, 2.05) is 13.0 Å². The van der Waals surface area contributed by atoms with Gasteiger partial charge >= 0.3 is 0 Å². The number of rotatable bonds is 5. The molecule has 1 nitrogen and oxygen atoms in total. The van der Waals surface area contributed by atoms with E-state index in [0.717, 1.165) is 19.5 Å². The third-order valence-electron chi connectivity index (χ3n) is 2.46. The summed E-state index contributed by atoms with van der Waals surface area (Å²) in [5, 5.41) is 3.15. The van der Waals surface area contributed by atoms with E-state index in [-0.39, 0.29) is 10.0 Å². The van der Waals surface area contributed by atoms with E-state index in [1.54, 1.807) is 6.92 Å². The van der Waals surface area contributed by atoms with Crippen molar-refractivity contribution < 1.29 is 8.78 Å². The maximum atomic E-state index is 13.7. The molecule has 1 aromatic rings. The van der Waals surface area contributed by atoms with E-state index < -0.39 is 11.6 Å². The van der Waals surface area contributed by atoms with Crippen LogP contribution in [0.3, 0.4) is 0 Å². The first-order valence-corrected chi connectivity index (χ1v) is 6.38. The summed E-state index contributed by atoms with van der Waals surface area (Å²) in [5.41, 5.74) is 0.676. The van der Waals surface area contributed by atoms with Crippen LogP contribution in [0.2, 0.25) is 0 Å². The predicted octanol–water partition coefficient (Wildman–Crippen LogP) is 4.13. The topological polar surface area (TPSA) is 12.0 Å². The van der Waals surface area contributed by atoms with E-state index >= 15 is 0 Å². The Labute approximate surface area is 109 Å². The van der Waals surface area contributed by atoms with Crippen LogP contribution in [-0.4, -0.2) is 13.1 Å². The first-order valence-electron chi connectivity index (χ1n) is 5.59. The van der Waals surface area contributed by atoms with Gasteiger partial charge in [0.2, 0.25) is 0 Å². The molecule has 0 unspecified atom stereocenters. The molecule has 0 radical (unpaired) electrons. The second-order valence-electron chi connectivity index (χ2n) is 3.75. The van der Waals surface area contributed by atoms with E-state index in [2.05, 4.69) is 21.2 Å². The number of benzene rings is 1. The van der Waals surface area contributed by atoms with Crippen molar-refractivity contribution in [3.8, 4) is 0 Å². The third-order valence-corrected chi connectivity index (χ3v) is 3.07. The predicted molar refractivity (Wildman–Crippen MR) is 70.9 cm³/mol. The number of hydrogen-bond acceptors (Lipinski definition) is 1. The molecule has 0 heterocycles. The van der Waals surface area contributed by atoms with Gasteiger partial charge in [0.1, 0.15) is 11.6 Å². The Morgan fingerprint density at radius 3 is 2.76 bits per heavy atom. The van der Waals surface area contributed by atoms with Crippen molar-refractivity contribution >= 4 is 21.5 Å². The Bertz CT molecular complexity index is 416. The van der Waals surface area contributed by atoms with Crippen LogP contribution >= 0.6 is 15.9 Å². The van der Waals surface area contributed by atoms with Gasteiger partial charge in [-0.25, -0.2) is 8.78 Å². The number of halogens is 3. The summed E-state index contributed by atoms with van der Waals surface area (Å²) in [7, 11) is 0. The van der Waals surface area contributed by atoms with Crippen LogP contribution in [0.25, 0.3) is 5.57 Å². The lowest BCUT2D eigenvalue weighted by molar-refractivity contribution is 0.572. The highest BCUT2D eigenvalue weighted by atomic mass is 79.9. The molecule has 0 aliphatic heterocycles. The average Bonchev–Trinajstić information content (AvgIpc) is 2.30. The van der Waals surface area contributed by atoms with Crippen LogP contribution in [0.1, 0.15) is 25.8 Å². The standard InChI is InChI=1S/C13H16BrF2N/c1-3-17-8-4-5-9(2)12-11(15)7-6-10(14)13(12)16/h5-7,17H,3-4,8H2,1-2H3/b9-5-. The molecule has 0 saturated carbocycles. The smallest absolute Gasteiger partial charge is 0.147 e. The van der Waals surface area contributed by atoms with Crippen LogP contribution in [-0.2, 0) is 0 Å². The van der Waals surface area contributed by atoms with Crippen LogP contribution in [0.15, 0.2) is 22.7 Å². The van der Waals surface area contributed by atoms with Gasteiger partial charge in [0.05, 0.1) is 4.47 Å². The summed E-state index contributed by atoms with van der Waals surface area (Å²) in [6.45, 7) is 5.45. The zero-order valence-electron chi connectivity index (χ0n) is 9.99. The van der Waals surface area contributed by atoms with Crippen molar-refractivity contribution in [2.75, 3.05) is 13.1 Å². The van der Waals surface area contributed by atoms with Crippen molar-refractivity contribution in [3.05, 3.63) is 39.9 Å². The Hall–Kier alpha value is -0.740. The molecule has 1 aromatic carbocycles. The maximum absolute atomic E-state index is 13.7. The fraction of sp³-hybridized carbons (Fsp3) is 0.385. The van der Waals surface area contributed by atoms with Gasteiger partial charge in [0, 0.05) is 5.56 Å². The molecule has 1 rings (SSSR count). The molecule has 0 atom stereocenters. The summed E-state index contributed by atoms with van der Waals surface area (Å²) >= 11 is 3.06. The van der Waals surface area contributed by atoms with Crippen LogP contribution < -0.4 is 5.32 Å². The van der Waals surface area contributed by atoms with Gasteiger partial charge in [-0.2, -0.15) is 0 Å². The minimum absolute atomic E-state index is 0.0517. The Morgan fingerprint density at radius 1 is 1.41 bits per heavy atom. The average molecular weight is 304 g/mol. The Kier molecular flexibility index (Phi) is 5.78. The molecular formula is C13H16BrF2N. The maximum Gasteiger partial charge on any atom is 0.147 e. The van der Waals surface area contributed by atoms with Crippen molar-refractivity contribution in [2.45, 2.75) is 20.3 Å². The van der Waals surface area contributed by atoms with E-state index in [4.69, 9.17) is 0 Å². The molecule has 4 heteroatoms. The Balaban J connectivity index is 2.88. The molecule has 0 spiro atoms. The van der Waals surface area contributed by atoms with Gasteiger partial charge < -0.3 is 5.32 Å². The van der Waals surface area contributed by atoms with Crippen molar-refractivity contribution in [3.63, 3.8) is 0 Å². The summed E-state index contributed by atoms with van der Waals surface area (Å²) in [6, 6.07) is 2.64. The quantitative estimate of drug-likeness (QED) is 0.637. The largest absolute Gasteiger partial charge is 0.317 e. The van der Waals surface area contributed by atoms with E-state index in [9.17, 15) is 8.78 Å². The van der Waals surface area contributed by atoms with Gasteiger partial charge in [-0.15, -0.1) is 0 Å². The second-order valence-corrected chi connectivity index (χ2v) is 4.60. The molecule has 0 aromatic heterocycles. The second kappa shape index (κ2) is 6.87. The molecule has 17 heavy (non-hydrogen) atoms. The monoisotopic (exact) mass is 303 g/mol.